The number of carbonyl (C=O) groups is 2. The fraction of sp³-hybridized carbons (Fsp3) is 0.367. The van der Waals surface area contributed by atoms with Crippen LogP contribution in [0.3, 0.4) is 0 Å². The van der Waals surface area contributed by atoms with Crippen LogP contribution in [0.1, 0.15) is 47.1 Å². The van der Waals surface area contributed by atoms with E-state index in [0.29, 0.717) is 22.9 Å². The molecule has 0 aromatic heterocycles. The third-order valence-corrected chi connectivity index (χ3v) is 8.00. The van der Waals surface area contributed by atoms with Crippen LogP contribution in [0.25, 0.3) is 10.8 Å². The van der Waals surface area contributed by atoms with Gasteiger partial charge in [0.25, 0.3) is 0 Å². The predicted octanol–water partition coefficient (Wildman–Crippen LogP) is 7.22. The molecule has 0 bridgehead atoms. The fourth-order valence-corrected chi connectivity index (χ4v) is 5.14. The Bertz CT molecular complexity index is 1550. The van der Waals surface area contributed by atoms with Gasteiger partial charge in [-0.05, 0) is 76.8 Å². The first kappa shape index (κ1) is 27.6. The summed E-state index contributed by atoms with van der Waals surface area (Å²) in [6.45, 7) is 11.1. The van der Waals surface area contributed by atoms with Crippen LogP contribution >= 0.6 is 31.9 Å². The first-order valence-corrected chi connectivity index (χ1v) is 14.2. The molecule has 1 unspecified atom stereocenters. The van der Waals surface area contributed by atoms with Gasteiger partial charge in [-0.1, -0.05) is 56.1 Å². The maximum atomic E-state index is 12.9. The van der Waals surface area contributed by atoms with Crippen LogP contribution in [0.15, 0.2) is 53.5 Å². The van der Waals surface area contributed by atoms with Gasteiger partial charge >= 0.3 is 11.9 Å². The summed E-state index contributed by atoms with van der Waals surface area (Å²) in [5, 5.41) is 1.77. The summed E-state index contributed by atoms with van der Waals surface area (Å²) in [7, 11) is 1.94. The minimum atomic E-state index is -1.05. The van der Waals surface area contributed by atoms with Gasteiger partial charge in [-0.15, -0.1) is 0 Å². The second-order valence-electron chi connectivity index (χ2n) is 11.4. The zero-order valence-corrected chi connectivity index (χ0v) is 26.1. The van der Waals surface area contributed by atoms with Gasteiger partial charge in [0, 0.05) is 18.1 Å². The Kier molecular flexibility index (Phi) is 6.42. The van der Waals surface area contributed by atoms with Crippen molar-refractivity contribution < 1.29 is 23.8 Å². The van der Waals surface area contributed by atoms with E-state index in [1.165, 1.54) is 0 Å². The molecule has 0 amide bonds. The van der Waals surface area contributed by atoms with Crippen molar-refractivity contribution in [3.63, 3.8) is 0 Å². The van der Waals surface area contributed by atoms with Crippen molar-refractivity contribution in [3.05, 3.63) is 54.1 Å². The summed E-state index contributed by atoms with van der Waals surface area (Å²) in [5.41, 5.74) is 0.745. The highest BCUT2D eigenvalue weighted by molar-refractivity contribution is 9.10. The number of anilines is 1. The number of halogens is 2. The van der Waals surface area contributed by atoms with Crippen LogP contribution in [0, 0.1) is 0 Å². The van der Waals surface area contributed by atoms with E-state index < -0.39 is 31.7 Å². The molecule has 2 heterocycles. The van der Waals surface area contributed by atoms with Gasteiger partial charge < -0.3 is 19.1 Å². The molecule has 7 nitrogen and oxygen atoms in total. The molecule has 0 radical (unpaired) electrons. The SMILES string of the molecule is CN1c2ccc(OC(=O)C(C)(C)Br)cc2C(C)(C)C12C=Nc1c(c(OC(=O)C(C)(C)Br)cc3ccccc13)O2. The molecule has 39 heavy (non-hydrogen) atoms. The summed E-state index contributed by atoms with van der Waals surface area (Å²) < 4.78 is 16.7. The molecule has 3 aromatic carbocycles. The number of hydrogen-bond acceptors (Lipinski definition) is 7. The van der Waals surface area contributed by atoms with Crippen LogP contribution < -0.4 is 19.1 Å². The zero-order valence-electron chi connectivity index (χ0n) is 22.9. The molecule has 2 aliphatic heterocycles. The van der Waals surface area contributed by atoms with Crippen LogP contribution in [0.5, 0.6) is 17.2 Å². The Hall–Kier alpha value is -2.91. The molecule has 0 saturated carbocycles. The zero-order chi connectivity index (χ0) is 28.5. The van der Waals surface area contributed by atoms with Gasteiger partial charge in [0.1, 0.15) is 20.1 Å². The monoisotopic (exact) mass is 656 g/mol. The van der Waals surface area contributed by atoms with E-state index in [1.54, 1.807) is 33.8 Å². The number of benzene rings is 3. The fourth-order valence-electron chi connectivity index (χ4n) is 4.98. The van der Waals surface area contributed by atoms with Gasteiger partial charge in [0.15, 0.2) is 11.5 Å². The second kappa shape index (κ2) is 9.06. The van der Waals surface area contributed by atoms with Gasteiger partial charge in [-0.3, -0.25) is 14.6 Å². The number of fused-ring (bicyclic) bond motifs is 4. The Labute approximate surface area is 244 Å². The van der Waals surface area contributed by atoms with Crippen molar-refractivity contribution >= 4 is 72.2 Å². The molecule has 0 aliphatic carbocycles. The summed E-state index contributed by atoms with van der Waals surface area (Å²) in [6, 6.07) is 15.2. The number of nitrogens with zero attached hydrogens (tertiary/aromatic N) is 2. The smallest absolute Gasteiger partial charge is 0.327 e. The summed E-state index contributed by atoms with van der Waals surface area (Å²) >= 11 is 6.76. The predicted molar refractivity (Wildman–Crippen MR) is 161 cm³/mol. The first-order chi connectivity index (χ1) is 18.1. The highest BCUT2D eigenvalue weighted by atomic mass is 79.9. The average Bonchev–Trinajstić information content (AvgIpc) is 3.01. The van der Waals surface area contributed by atoms with E-state index in [4.69, 9.17) is 19.2 Å². The highest BCUT2D eigenvalue weighted by Gasteiger charge is 2.59. The van der Waals surface area contributed by atoms with Crippen molar-refractivity contribution in [2.24, 2.45) is 4.99 Å². The normalized spacial score (nSPS) is 19.5. The molecule has 3 aromatic rings. The molecule has 9 heteroatoms. The lowest BCUT2D eigenvalue weighted by molar-refractivity contribution is -0.137. The number of ether oxygens (including phenoxy) is 3. The third-order valence-electron chi connectivity index (χ3n) is 7.35. The Morgan fingerprint density at radius 3 is 2.26 bits per heavy atom. The van der Waals surface area contributed by atoms with Crippen molar-refractivity contribution in [2.75, 3.05) is 11.9 Å². The number of aliphatic imine (C=N–C) groups is 1. The lowest BCUT2D eigenvalue weighted by Crippen LogP contribution is -2.61. The molecule has 204 valence electrons. The number of esters is 2. The van der Waals surface area contributed by atoms with E-state index >= 15 is 0 Å². The Balaban J connectivity index is 1.62. The minimum Gasteiger partial charge on any atom is -0.456 e. The van der Waals surface area contributed by atoms with Gasteiger partial charge in [-0.2, -0.15) is 0 Å². The molecule has 0 saturated heterocycles. The molecular weight excluding hydrogens is 628 g/mol. The van der Waals surface area contributed by atoms with Crippen molar-refractivity contribution in [2.45, 2.75) is 61.3 Å². The number of hydrogen-bond donors (Lipinski definition) is 0. The maximum absolute atomic E-state index is 12.9. The molecule has 1 atom stereocenters. The summed E-state index contributed by atoms with van der Waals surface area (Å²) in [5.74, 6) is 0.293. The van der Waals surface area contributed by atoms with Crippen molar-refractivity contribution in [1.29, 1.82) is 0 Å². The second-order valence-corrected chi connectivity index (χ2v) is 15.4. The molecule has 2 aliphatic rings. The van der Waals surface area contributed by atoms with Crippen LogP contribution in [-0.4, -0.2) is 39.6 Å². The van der Waals surface area contributed by atoms with E-state index in [0.717, 1.165) is 22.0 Å². The molecule has 0 fully saturated rings. The lowest BCUT2D eigenvalue weighted by Gasteiger charge is -2.45. The van der Waals surface area contributed by atoms with Crippen molar-refractivity contribution in [1.82, 2.24) is 0 Å². The standard InChI is InChI=1S/C30H30Br2N2O5/c1-27(2)20-15-18(37-25(35)28(3,4)31)12-13-21(20)34(7)30(27)16-33-23-19-11-9-8-10-17(19)14-22(24(23)39-30)38-26(36)29(5,6)32/h8-16H,1-7H3. The van der Waals surface area contributed by atoms with Crippen LogP contribution in [0.4, 0.5) is 11.4 Å². The van der Waals surface area contributed by atoms with Crippen LogP contribution in [-0.2, 0) is 15.0 Å². The summed E-state index contributed by atoms with van der Waals surface area (Å²) in [6.07, 6.45) is 1.81. The quantitative estimate of drug-likeness (QED) is 0.168. The lowest BCUT2D eigenvalue weighted by atomic mass is 9.77. The van der Waals surface area contributed by atoms with E-state index in [2.05, 4.69) is 45.7 Å². The van der Waals surface area contributed by atoms with Gasteiger partial charge in [-0.25, -0.2) is 0 Å². The van der Waals surface area contributed by atoms with E-state index in [1.807, 2.05) is 60.6 Å². The number of rotatable bonds is 4. The van der Waals surface area contributed by atoms with Crippen molar-refractivity contribution in [3.8, 4) is 17.2 Å². The highest BCUT2D eigenvalue weighted by Crippen LogP contribution is 2.57. The Morgan fingerprint density at radius 1 is 0.949 bits per heavy atom. The van der Waals surface area contributed by atoms with E-state index in [9.17, 15) is 9.59 Å². The largest absolute Gasteiger partial charge is 0.456 e. The van der Waals surface area contributed by atoms with Gasteiger partial charge in [0.2, 0.25) is 5.72 Å². The van der Waals surface area contributed by atoms with E-state index in [-0.39, 0.29) is 0 Å². The maximum Gasteiger partial charge on any atom is 0.327 e. The third kappa shape index (κ3) is 4.43. The number of alkyl halides is 2. The van der Waals surface area contributed by atoms with Gasteiger partial charge in [0.05, 0.1) is 11.6 Å². The minimum absolute atomic E-state index is 0.298. The average molecular weight is 658 g/mol. The topological polar surface area (TPSA) is 77.4 Å². The molecular formula is C30H30Br2N2O5. The molecule has 1 spiro atoms. The summed E-state index contributed by atoms with van der Waals surface area (Å²) in [4.78, 5) is 32.4. The number of likely N-dealkylation sites (N-methyl/N-ethyl adjacent to an activating group) is 1. The van der Waals surface area contributed by atoms with Crippen LogP contribution in [0.2, 0.25) is 0 Å². The first-order valence-electron chi connectivity index (χ1n) is 12.6. The molecule has 0 N–H and O–H groups in total. The molecule has 5 rings (SSSR count). The Morgan fingerprint density at radius 2 is 1.59 bits per heavy atom. The number of carbonyl (C=O) groups excluding carboxylic acids is 2.